The first-order valence-electron chi connectivity index (χ1n) is 10.5. The molecular formula is C23H36FN3O2. The largest absolute Gasteiger partial charge is 0.355 e. The fourth-order valence-electron chi connectivity index (χ4n) is 4.07. The quantitative estimate of drug-likeness (QED) is 0.722. The first kappa shape index (κ1) is 23.3. The fourth-order valence-corrected chi connectivity index (χ4v) is 4.07. The number of halogens is 1. The molecule has 0 radical (unpaired) electrons. The highest BCUT2D eigenvalue weighted by Crippen LogP contribution is 2.24. The zero-order valence-electron chi connectivity index (χ0n) is 18.5. The molecule has 1 N–H and O–H groups in total. The minimum atomic E-state index is -0.266. The van der Waals surface area contributed by atoms with E-state index < -0.39 is 0 Å². The second-order valence-corrected chi connectivity index (χ2v) is 9.43. The number of rotatable bonds is 8. The lowest BCUT2D eigenvalue weighted by Gasteiger charge is -2.33. The Labute approximate surface area is 174 Å². The number of carbonyl (C=O) groups excluding carboxylic acids is 2. The monoisotopic (exact) mass is 405 g/mol. The van der Waals surface area contributed by atoms with E-state index >= 15 is 0 Å². The van der Waals surface area contributed by atoms with Crippen molar-refractivity contribution >= 4 is 11.8 Å². The van der Waals surface area contributed by atoms with Crippen LogP contribution in [0.3, 0.4) is 0 Å². The van der Waals surface area contributed by atoms with E-state index in [2.05, 4.69) is 24.1 Å². The second-order valence-electron chi connectivity index (χ2n) is 9.43. The lowest BCUT2D eigenvalue weighted by Crippen LogP contribution is -2.46. The second kappa shape index (κ2) is 10.2. The lowest BCUT2D eigenvalue weighted by atomic mass is 9.91. The molecule has 2 amide bonds. The molecule has 1 heterocycles. The number of hydrogen-bond donors (Lipinski definition) is 1. The maximum absolute atomic E-state index is 13.1. The minimum Gasteiger partial charge on any atom is -0.355 e. The van der Waals surface area contributed by atoms with Crippen LogP contribution >= 0.6 is 0 Å². The van der Waals surface area contributed by atoms with Gasteiger partial charge < -0.3 is 15.1 Å². The smallest absolute Gasteiger partial charge is 0.223 e. The molecule has 6 heteroatoms. The van der Waals surface area contributed by atoms with Crippen LogP contribution in [0.1, 0.15) is 51.5 Å². The zero-order chi connectivity index (χ0) is 21.6. The van der Waals surface area contributed by atoms with Gasteiger partial charge in [-0.25, -0.2) is 4.39 Å². The molecule has 1 aromatic rings. The molecule has 1 aromatic carbocycles. The van der Waals surface area contributed by atoms with E-state index in [-0.39, 0.29) is 34.9 Å². The highest BCUT2D eigenvalue weighted by atomic mass is 19.1. The average Bonchev–Trinajstić information content (AvgIpc) is 2.65. The van der Waals surface area contributed by atoms with Gasteiger partial charge in [0, 0.05) is 38.5 Å². The van der Waals surface area contributed by atoms with Crippen LogP contribution in [-0.4, -0.2) is 61.9 Å². The van der Waals surface area contributed by atoms with E-state index in [9.17, 15) is 14.0 Å². The number of amides is 2. The molecule has 1 atom stereocenters. The number of piperidine rings is 1. The normalized spacial score (nSPS) is 16.7. The highest BCUT2D eigenvalue weighted by molar-refractivity contribution is 5.80. The first-order chi connectivity index (χ1) is 13.6. The summed E-state index contributed by atoms with van der Waals surface area (Å²) in [5.41, 5.74) is 0.987. The topological polar surface area (TPSA) is 52.7 Å². The maximum atomic E-state index is 13.1. The van der Waals surface area contributed by atoms with Gasteiger partial charge in [0.2, 0.25) is 11.8 Å². The summed E-state index contributed by atoms with van der Waals surface area (Å²) in [5.74, 6) is -0.0408. The Balaban J connectivity index is 1.76. The van der Waals surface area contributed by atoms with Crippen LogP contribution < -0.4 is 5.32 Å². The van der Waals surface area contributed by atoms with Crippen LogP contribution in [0.4, 0.5) is 4.39 Å². The van der Waals surface area contributed by atoms with Gasteiger partial charge >= 0.3 is 0 Å². The molecule has 29 heavy (non-hydrogen) atoms. The van der Waals surface area contributed by atoms with Crippen molar-refractivity contribution in [1.29, 1.82) is 0 Å². The van der Waals surface area contributed by atoms with E-state index in [1.54, 1.807) is 12.1 Å². The van der Waals surface area contributed by atoms with Crippen LogP contribution in [0.15, 0.2) is 24.3 Å². The van der Waals surface area contributed by atoms with Gasteiger partial charge in [0.1, 0.15) is 5.82 Å². The summed E-state index contributed by atoms with van der Waals surface area (Å²) in [6.07, 6.45) is 1.81. The van der Waals surface area contributed by atoms with Crippen molar-refractivity contribution in [3.63, 3.8) is 0 Å². The Hall–Kier alpha value is -1.95. The van der Waals surface area contributed by atoms with Crippen LogP contribution in [0.2, 0.25) is 0 Å². The molecule has 1 fully saturated rings. The minimum absolute atomic E-state index is 0.0202. The number of carbonyl (C=O) groups is 2. The summed E-state index contributed by atoms with van der Waals surface area (Å²) < 4.78 is 13.1. The average molecular weight is 406 g/mol. The number of nitrogens with zero attached hydrogens (tertiary/aromatic N) is 2. The molecule has 0 aliphatic carbocycles. The van der Waals surface area contributed by atoms with Crippen LogP contribution in [0.5, 0.6) is 0 Å². The van der Waals surface area contributed by atoms with Crippen LogP contribution in [0.25, 0.3) is 0 Å². The molecule has 0 spiro atoms. The molecule has 1 unspecified atom stereocenters. The Morgan fingerprint density at radius 3 is 2.34 bits per heavy atom. The summed E-state index contributed by atoms with van der Waals surface area (Å²) in [4.78, 5) is 29.2. The number of likely N-dealkylation sites (tertiary alicyclic amines) is 1. The van der Waals surface area contributed by atoms with Gasteiger partial charge in [-0.3, -0.25) is 9.59 Å². The van der Waals surface area contributed by atoms with Crippen molar-refractivity contribution in [3.05, 3.63) is 35.6 Å². The summed E-state index contributed by atoms with van der Waals surface area (Å²) in [5, 5.41) is 3.10. The summed E-state index contributed by atoms with van der Waals surface area (Å²) in [6, 6.07) is 6.34. The zero-order valence-corrected chi connectivity index (χ0v) is 18.5. The third-order valence-corrected chi connectivity index (χ3v) is 5.62. The Morgan fingerprint density at radius 2 is 1.79 bits per heavy atom. The molecule has 2 rings (SSSR count). The molecule has 1 aliphatic heterocycles. The summed E-state index contributed by atoms with van der Waals surface area (Å²) in [7, 11) is 4.07. The first-order valence-corrected chi connectivity index (χ1v) is 10.5. The third kappa shape index (κ3) is 7.42. The van der Waals surface area contributed by atoms with Crippen molar-refractivity contribution in [3.8, 4) is 0 Å². The molecule has 162 valence electrons. The predicted molar refractivity (Wildman–Crippen MR) is 114 cm³/mol. The lowest BCUT2D eigenvalue weighted by molar-refractivity contribution is -0.136. The van der Waals surface area contributed by atoms with E-state index in [0.717, 1.165) is 12.1 Å². The molecule has 1 saturated heterocycles. The number of benzene rings is 1. The molecule has 0 aromatic heterocycles. The van der Waals surface area contributed by atoms with Gasteiger partial charge in [-0.05, 0) is 56.0 Å². The molecule has 0 bridgehead atoms. The molecular weight excluding hydrogens is 369 g/mol. The summed E-state index contributed by atoms with van der Waals surface area (Å²) >= 11 is 0. The van der Waals surface area contributed by atoms with E-state index in [1.807, 2.05) is 25.9 Å². The third-order valence-electron chi connectivity index (χ3n) is 5.62. The molecule has 5 nitrogen and oxygen atoms in total. The Kier molecular flexibility index (Phi) is 8.20. The van der Waals surface area contributed by atoms with Gasteiger partial charge in [0.05, 0.1) is 0 Å². The predicted octanol–water partition coefficient (Wildman–Crippen LogP) is 3.26. The van der Waals surface area contributed by atoms with Crippen molar-refractivity contribution in [2.24, 2.45) is 11.3 Å². The van der Waals surface area contributed by atoms with Crippen molar-refractivity contribution in [1.82, 2.24) is 15.1 Å². The van der Waals surface area contributed by atoms with Crippen LogP contribution in [-0.2, 0) is 9.59 Å². The van der Waals surface area contributed by atoms with Crippen LogP contribution in [0, 0.1) is 17.2 Å². The highest BCUT2D eigenvalue weighted by Gasteiger charge is 2.29. The van der Waals surface area contributed by atoms with E-state index in [1.165, 1.54) is 12.1 Å². The van der Waals surface area contributed by atoms with Gasteiger partial charge in [0.15, 0.2) is 0 Å². The number of nitrogens with one attached hydrogen (secondary N) is 1. The van der Waals surface area contributed by atoms with Gasteiger partial charge in [0.25, 0.3) is 0 Å². The van der Waals surface area contributed by atoms with Crippen molar-refractivity contribution < 1.29 is 14.0 Å². The Morgan fingerprint density at radius 1 is 1.21 bits per heavy atom. The van der Waals surface area contributed by atoms with E-state index in [4.69, 9.17) is 0 Å². The summed E-state index contributed by atoms with van der Waals surface area (Å²) in [6.45, 7) is 9.08. The SMILES string of the molecule is CC(CC(=O)N1CCC(C(=O)NCC(C)(C)CN(C)C)CC1)c1ccc(F)cc1. The fraction of sp³-hybridized carbons (Fsp3) is 0.652. The van der Waals surface area contributed by atoms with Crippen molar-refractivity contribution in [2.75, 3.05) is 40.3 Å². The Bertz CT molecular complexity index is 680. The van der Waals surface area contributed by atoms with Gasteiger partial charge in [-0.2, -0.15) is 0 Å². The standard InChI is InChI=1S/C23H36FN3O2/c1-17(18-6-8-20(24)9-7-18)14-21(28)27-12-10-19(11-13-27)22(29)25-15-23(2,3)16-26(4)5/h6-9,17,19H,10-16H2,1-5H3,(H,25,29). The maximum Gasteiger partial charge on any atom is 0.223 e. The number of hydrogen-bond acceptors (Lipinski definition) is 3. The van der Waals surface area contributed by atoms with Gasteiger partial charge in [-0.15, -0.1) is 0 Å². The van der Waals surface area contributed by atoms with Gasteiger partial charge in [-0.1, -0.05) is 32.9 Å². The van der Waals surface area contributed by atoms with E-state index in [0.29, 0.717) is 38.9 Å². The molecule has 0 saturated carbocycles. The molecule has 1 aliphatic rings. The van der Waals surface area contributed by atoms with Crippen molar-refractivity contribution in [2.45, 2.75) is 46.0 Å².